The van der Waals surface area contributed by atoms with Crippen LogP contribution in [0.3, 0.4) is 0 Å². The lowest BCUT2D eigenvalue weighted by Crippen LogP contribution is -2.40. The van der Waals surface area contributed by atoms with Crippen LogP contribution in [0.5, 0.6) is 17.2 Å². The van der Waals surface area contributed by atoms with Crippen molar-refractivity contribution >= 4 is 46.2 Å². The molecule has 2 aliphatic carbocycles. The fourth-order valence-electron chi connectivity index (χ4n) is 3.56. The van der Waals surface area contributed by atoms with Crippen LogP contribution in [0.4, 0.5) is 15.3 Å². The van der Waals surface area contributed by atoms with E-state index in [0.29, 0.717) is 33.1 Å². The molecule has 0 atom stereocenters. The van der Waals surface area contributed by atoms with Gasteiger partial charge in [0.2, 0.25) is 0 Å². The number of aromatic nitrogens is 1. The summed E-state index contributed by atoms with van der Waals surface area (Å²) in [6, 6.07) is 9.20. The molecule has 4 N–H and O–H groups in total. The fraction of sp³-hybridized carbons (Fsp3) is 0.280. The van der Waals surface area contributed by atoms with Gasteiger partial charge >= 0.3 is 12.1 Å². The quantitative estimate of drug-likeness (QED) is 0.369. The zero-order valence-electron chi connectivity index (χ0n) is 19.4. The largest absolute Gasteiger partial charge is 0.496 e. The van der Waals surface area contributed by atoms with Gasteiger partial charge in [-0.3, -0.25) is 15.1 Å². The summed E-state index contributed by atoms with van der Waals surface area (Å²) in [4.78, 5) is 41.2. The average molecular weight is 510 g/mol. The molecule has 2 saturated carbocycles. The van der Waals surface area contributed by atoms with Gasteiger partial charge in [-0.25, -0.2) is 9.59 Å². The molecule has 5 amide bonds. The lowest BCUT2D eigenvalue weighted by atomic mass is 10.1. The highest BCUT2D eigenvalue weighted by Gasteiger charge is 2.25. The van der Waals surface area contributed by atoms with E-state index in [4.69, 9.17) is 21.1 Å². The number of ether oxygens (including phenoxy) is 2. The number of pyridine rings is 1. The predicted octanol–water partition coefficient (Wildman–Crippen LogP) is 4.57. The maximum atomic E-state index is 12.8. The highest BCUT2D eigenvalue weighted by molar-refractivity contribution is 6.33. The van der Waals surface area contributed by atoms with Gasteiger partial charge in [-0.1, -0.05) is 11.6 Å². The normalized spacial score (nSPS) is 14.6. The number of carbonyl (C=O) groups excluding carboxylic acids is 3. The van der Waals surface area contributed by atoms with E-state index in [-0.39, 0.29) is 29.4 Å². The fourth-order valence-corrected chi connectivity index (χ4v) is 3.78. The Morgan fingerprint density at radius 2 is 1.67 bits per heavy atom. The van der Waals surface area contributed by atoms with Crippen molar-refractivity contribution in [3.8, 4) is 17.2 Å². The number of methoxy groups -OCH3 is 1. The van der Waals surface area contributed by atoms with E-state index in [0.717, 1.165) is 25.7 Å². The summed E-state index contributed by atoms with van der Waals surface area (Å²) in [7, 11) is 1.44. The molecule has 2 fully saturated rings. The number of hydrogen-bond donors (Lipinski definition) is 4. The molecule has 11 heteroatoms. The molecule has 36 heavy (non-hydrogen) atoms. The molecular weight excluding hydrogens is 486 g/mol. The van der Waals surface area contributed by atoms with Crippen LogP contribution in [0.15, 0.2) is 42.6 Å². The van der Waals surface area contributed by atoms with Gasteiger partial charge in [0.1, 0.15) is 17.2 Å². The van der Waals surface area contributed by atoms with Gasteiger partial charge in [0.05, 0.1) is 28.9 Å². The lowest BCUT2D eigenvalue weighted by Gasteiger charge is -2.14. The summed E-state index contributed by atoms with van der Waals surface area (Å²) in [5, 5.41) is 11.5. The van der Waals surface area contributed by atoms with Gasteiger partial charge < -0.3 is 25.4 Å². The van der Waals surface area contributed by atoms with Crippen molar-refractivity contribution in [2.75, 3.05) is 12.4 Å². The van der Waals surface area contributed by atoms with E-state index in [1.54, 1.807) is 42.6 Å². The Hall–Kier alpha value is -4.05. The third-order valence-electron chi connectivity index (χ3n) is 5.74. The van der Waals surface area contributed by atoms with Gasteiger partial charge in [0.15, 0.2) is 0 Å². The first kappa shape index (κ1) is 23.7. The van der Waals surface area contributed by atoms with Crippen LogP contribution in [0.1, 0.15) is 36.0 Å². The van der Waals surface area contributed by atoms with Gasteiger partial charge in [0, 0.05) is 35.8 Å². The minimum atomic E-state index is -0.607. The van der Waals surface area contributed by atoms with E-state index in [1.165, 1.54) is 7.11 Å². The molecular formula is C25H24ClN5O5. The number of nitrogens with zero attached hydrogens (tertiary/aromatic N) is 1. The van der Waals surface area contributed by atoms with Crippen LogP contribution in [0, 0.1) is 0 Å². The zero-order chi connectivity index (χ0) is 25.2. The summed E-state index contributed by atoms with van der Waals surface area (Å²) in [6.07, 6.45) is 5.34. The van der Waals surface area contributed by atoms with Crippen molar-refractivity contribution < 1.29 is 23.9 Å². The molecule has 2 aromatic carbocycles. The standard InChI is InChI=1S/C25H24ClN5O5/c1-35-22-12-20-16(11-17(22)23(32)31-25(34)29-14-4-5-14)21(8-9-27-20)36-15-6-7-19(18(26)10-15)30-24(33)28-13-2-3-13/h6-14H,2-5H2,1H3,(H2,28,30,33)(H2,29,31,32,34). The highest BCUT2D eigenvalue weighted by Crippen LogP contribution is 2.35. The highest BCUT2D eigenvalue weighted by atomic mass is 35.5. The molecule has 0 aliphatic heterocycles. The van der Waals surface area contributed by atoms with Crippen LogP contribution in [-0.4, -0.2) is 42.1 Å². The number of hydrogen-bond acceptors (Lipinski definition) is 6. The second-order valence-electron chi connectivity index (χ2n) is 8.70. The molecule has 1 heterocycles. The molecule has 0 unspecified atom stereocenters. The molecule has 1 aromatic heterocycles. The van der Waals surface area contributed by atoms with E-state index in [2.05, 4.69) is 26.3 Å². The number of imide groups is 1. The molecule has 0 bridgehead atoms. The Kier molecular flexibility index (Phi) is 6.51. The number of urea groups is 2. The maximum Gasteiger partial charge on any atom is 0.321 e. The van der Waals surface area contributed by atoms with E-state index in [9.17, 15) is 14.4 Å². The number of amides is 5. The maximum absolute atomic E-state index is 12.8. The van der Waals surface area contributed by atoms with Crippen molar-refractivity contribution in [3.05, 3.63) is 53.2 Å². The Labute approximate surface area is 211 Å². The van der Waals surface area contributed by atoms with Crippen molar-refractivity contribution in [3.63, 3.8) is 0 Å². The summed E-state index contributed by atoms with van der Waals surface area (Å²) < 4.78 is 11.4. The smallest absolute Gasteiger partial charge is 0.321 e. The summed E-state index contributed by atoms with van der Waals surface area (Å²) in [5.74, 6) is 0.505. The number of benzene rings is 2. The first-order valence-electron chi connectivity index (χ1n) is 11.5. The van der Waals surface area contributed by atoms with Crippen molar-refractivity contribution in [2.24, 2.45) is 0 Å². The number of rotatable bonds is 7. The first-order valence-corrected chi connectivity index (χ1v) is 11.9. The molecule has 0 spiro atoms. The van der Waals surface area contributed by atoms with Crippen LogP contribution in [-0.2, 0) is 0 Å². The van der Waals surface area contributed by atoms with Crippen LogP contribution >= 0.6 is 11.6 Å². The zero-order valence-corrected chi connectivity index (χ0v) is 20.1. The predicted molar refractivity (Wildman–Crippen MR) is 134 cm³/mol. The van der Waals surface area contributed by atoms with Crippen LogP contribution in [0.25, 0.3) is 10.9 Å². The Bertz CT molecular complexity index is 1360. The molecule has 10 nitrogen and oxygen atoms in total. The number of anilines is 1. The number of halogens is 1. The monoisotopic (exact) mass is 509 g/mol. The molecule has 3 aromatic rings. The minimum absolute atomic E-state index is 0.112. The molecule has 5 rings (SSSR count). The van der Waals surface area contributed by atoms with Gasteiger partial charge in [0.25, 0.3) is 5.91 Å². The number of nitrogens with one attached hydrogen (secondary N) is 4. The van der Waals surface area contributed by atoms with Gasteiger partial charge in [-0.15, -0.1) is 0 Å². The van der Waals surface area contributed by atoms with Crippen LogP contribution in [0.2, 0.25) is 5.02 Å². The SMILES string of the molecule is COc1cc2nccc(Oc3ccc(NC(=O)NC4CC4)c(Cl)c3)c2cc1C(=O)NC(=O)NC1CC1. The van der Waals surface area contributed by atoms with Crippen molar-refractivity contribution in [1.29, 1.82) is 0 Å². The van der Waals surface area contributed by atoms with Gasteiger partial charge in [-0.05, 0) is 49.9 Å². The third kappa shape index (κ3) is 5.60. The molecule has 2 aliphatic rings. The Morgan fingerprint density at radius 3 is 2.33 bits per heavy atom. The first-order chi connectivity index (χ1) is 17.4. The summed E-state index contributed by atoms with van der Waals surface area (Å²) >= 11 is 6.36. The Balaban J connectivity index is 1.37. The third-order valence-corrected chi connectivity index (χ3v) is 6.05. The number of fused-ring (bicyclic) bond motifs is 1. The average Bonchev–Trinajstić information content (AvgIpc) is 3.78. The number of carbonyl (C=O) groups is 3. The second kappa shape index (κ2) is 9.90. The van der Waals surface area contributed by atoms with Crippen LogP contribution < -0.4 is 30.7 Å². The molecule has 0 saturated heterocycles. The van der Waals surface area contributed by atoms with Crippen molar-refractivity contribution in [1.82, 2.24) is 20.9 Å². The van der Waals surface area contributed by atoms with Gasteiger partial charge in [-0.2, -0.15) is 0 Å². The topological polar surface area (TPSA) is 131 Å². The molecule has 186 valence electrons. The van der Waals surface area contributed by atoms with Crippen molar-refractivity contribution in [2.45, 2.75) is 37.8 Å². The van der Waals surface area contributed by atoms with E-state index in [1.807, 2.05) is 0 Å². The van der Waals surface area contributed by atoms with E-state index < -0.39 is 11.9 Å². The lowest BCUT2D eigenvalue weighted by molar-refractivity contribution is 0.0961. The summed E-state index contributed by atoms with van der Waals surface area (Å²) in [6.45, 7) is 0. The Morgan fingerprint density at radius 1 is 0.944 bits per heavy atom. The van der Waals surface area contributed by atoms with E-state index >= 15 is 0 Å². The molecule has 0 radical (unpaired) electrons. The minimum Gasteiger partial charge on any atom is -0.496 e. The second-order valence-corrected chi connectivity index (χ2v) is 9.10. The summed E-state index contributed by atoms with van der Waals surface area (Å²) in [5.41, 5.74) is 1.15.